The van der Waals surface area contributed by atoms with Crippen molar-refractivity contribution in [2.75, 3.05) is 20.2 Å². The van der Waals surface area contributed by atoms with Gasteiger partial charge in [0.1, 0.15) is 5.75 Å². The lowest BCUT2D eigenvalue weighted by Crippen LogP contribution is -2.26. The summed E-state index contributed by atoms with van der Waals surface area (Å²) in [6.45, 7) is 5.16. The molecule has 1 aliphatic rings. The zero-order valence-corrected chi connectivity index (χ0v) is 13.3. The number of ether oxygens (including phenoxy) is 1. The van der Waals surface area contributed by atoms with Gasteiger partial charge in [0, 0.05) is 12.1 Å². The van der Waals surface area contributed by atoms with Gasteiger partial charge in [0.25, 0.3) is 0 Å². The summed E-state index contributed by atoms with van der Waals surface area (Å²) >= 11 is 0. The molecule has 0 aliphatic heterocycles. The van der Waals surface area contributed by atoms with Crippen LogP contribution in [0.2, 0.25) is 0 Å². The number of methoxy groups -OCH3 is 1. The molecule has 0 N–H and O–H groups in total. The van der Waals surface area contributed by atoms with Crippen molar-refractivity contribution in [2.45, 2.75) is 32.7 Å². The molecule has 0 unspecified atom stereocenters. The van der Waals surface area contributed by atoms with Crippen LogP contribution in [-0.4, -0.2) is 35.2 Å². The molecule has 0 atom stereocenters. The van der Waals surface area contributed by atoms with Gasteiger partial charge in [-0.2, -0.15) is 4.98 Å². The van der Waals surface area contributed by atoms with Crippen LogP contribution >= 0.6 is 0 Å². The van der Waals surface area contributed by atoms with Crippen LogP contribution in [0.4, 0.5) is 0 Å². The Labute approximate surface area is 131 Å². The van der Waals surface area contributed by atoms with E-state index in [1.807, 2.05) is 24.3 Å². The smallest absolute Gasteiger partial charge is 0.241 e. The average Bonchev–Trinajstić information content (AvgIpc) is 3.23. The van der Waals surface area contributed by atoms with Gasteiger partial charge in [-0.15, -0.1) is 0 Å². The lowest BCUT2D eigenvalue weighted by Gasteiger charge is -2.18. The Morgan fingerprint density at radius 3 is 2.95 bits per heavy atom. The number of aromatic nitrogens is 2. The van der Waals surface area contributed by atoms with E-state index in [1.54, 1.807) is 7.11 Å². The predicted molar refractivity (Wildman–Crippen MR) is 84.6 cm³/mol. The molecule has 1 heterocycles. The van der Waals surface area contributed by atoms with E-state index in [0.717, 1.165) is 43.3 Å². The highest BCUT2D eigenvalue weighted by Gasteiger charge is 2.25. The first-order valence-electron chi connectivity index (χ1n) is 7.98. The molecule has 1 aromatic carbocycles. The SMILES string of the molecule is CCCN(Cc1nc(-c2cccc(OC)c2)no1)CC1CC1. The lowest BCUT2D eigenvalue weighted by atomic mass is 10.2. The van der Waals surface area contributed by atoms with Crippen molar-refractivity contribution in [3.05, 3.63) is 30.2 Å². The van der Waals surface area contributed by atoms with Crippen molar-refractivity contribution in [1.82, 2.24) is 15.0 Å². The van der Waals surface area contributed by atoms with Crippen molar-refractivity contribution >= 4 is 0 Å². The summed E-state index contributed by atoms with van der Waals surface area (Å²) in [6, 6.07) is 7.72. The van der Waals surface area contributed by atoms with Crippen LogP contribution < -0.4 is 4.74 Å². The normalized spacial score (nSPS) is 14.5. The third-order valence-corrected chi connectivity index (χ3v) is 3.91. The van der Waals surface area contributed by atoms with Crippen molar-refractivity contribution < 1.29 is 9.26 Å². The van der Waals surface area contributed by atoms with E-state index >= 15 is 0 Å². The Bertz CT molecular complexity index is 607. The molecule has 2 aromatic rings. The van der Waals surface area contributed by atoms with E-state index in [4.69, 9.17) is 9.26 Å². The van der Waals surface area contributed by atoms with Crippen molar-refractivity contribution in [3.63, 3.8) is 0 Å². The fraction of sp³-hybridized carbons (Fsp3) is 0.529. The minimum absolute atomic E-state index is 0.622. The van der Waals surface area contributed by atoms with E-state index in [1.165, 1.54) is 12.8 Å². The first kappa shape index (κ1) is 15.0. The van der Waals surface area contributed by atoms with E-state index in [0.29, 0.717) is 11.7 Å². The molecular formula is C17H23N3O2. The molecule has 1 aliphatic carbocycles. The second-order valence-electron chi connectivity index (χ2n) is 5.92. The van der Waals surface area contributed by atoms with Gasteiger partial charge in [0.2, 0.25) is 11.7 Å². The molecule has 0 spiro atoms. The maximum Gasteiger partial charge on any atom is 0.241 e. The Balaban J connectivity index is 1.68. The van der Waals surface area contributed by atoms with Gasteiger partial charge in [-0.1, -0.05) is 24.2 Å². The molecule has 3 rings (SSSR count). The van der Waals surface area contributed by atoms with Crippen LogP contribution in [0.25, 0.3) is 11.4 Å². The zero-order chi connectivity index (χ0) is 15.4. The van der Waals surface area contributed by atoms with Gasteiger partial charge in [-0.25, -0.2) is 0 Å². The van der Waals surface area contributed by atoms with E-state index < -0.39 is 0 Å². The summed E-state index contributed by atoms with van der Waals surface area (Å²) in [5, 5.41) is 4.10. The fourth-order valence-corrected chi connectivity index (χ4v) is 2.61. The molecule has 1 aromatic heterocycles. The quantitative estimate of drug-likeness (QED) is 0.748. The highest BCUT2D eigenvalue weighted by Crippen LogP contribution is 2.30. The average molecular weight is 301 g/mol. The molecule has 5 nitrogen and oxygen atoms in total. The molecule has 0 bridgehead atoms. The van der Waals surface area contributed by atoms with E-state index in [-0.39, 0.29) is 0 Å². The number of rotatable bonds is 8. The fourth-order valence-electron chi connectivity index (χ4n) is 2.61. The molecule has 1 fully saturated rings. The first-order chi connectivity index (χ1) is 10.8. The van der Waals surface area contributed by atoms with Gasteiger partial charge < -0.3 is 9.26 Å². The van der Waals surface area contributed by atoms with Gasteiger partial charge in [-0.05, 0) is 43.9 Å². The minimum Gasteiger partial charge on any atom is -0.497 e. The molecule has 22 heavy (non-hydrogen) atoms. The Morgan fingerprint density at radius 2 is 2.23 bits per heavy atom. The molecule has 0 amide bonds. The topological polar surface area (TPSA) is 51.4 Å². The van der Waals surface area contributed by atoms with Crippen molar-refractivity contribution in [2.24, 2.45) is 5.92 Å². The van der Waals surface area contributed by atoms with Gasteiger partial charge >= 0.3 is 0 Å². The third kappa shape index (κ3) is 3.85. The lowest BCUT2D eigenvalue weighted by molar-refractivity contribution is 0.219. The summed E-state index contributed by atoms with van der Waals surface area (Å²) < 4.78 is 10.7. The van der Waals surface area contributed by atoms with Crippen LogP contribution in [-0.2, 0) is 6.54 Å². The van der Waals surface area contributed by atoms with Crippen LogP contribution in [0.3, 0.4) is 0 Å². The maximum absolute atomic E-state index is 5.43. The minimum atomic E-state index is 0.622. The molecule has 118 valence electrons. The Morgan fingerprint density at radius 1 is 1.36 bits per heavy atom. The number of hydrogen-bond acceptors (Lipinski definition) is 5. The Kier molecular flexibility index (Phi) is 4.73. The molecule has 5 heteroatoms. The third-order valence-electron chi connectivity index (χ3n) is 3.91. The monoisotopic (exact) mass is 301 g/mol. The summed E-state index contributed by atoms with van der Waals surface area (Å²) in [4.78, 5) is 6.95. The summed E-state index contributed by atoms with van der Waals surface area (Å²) in [7, 11) is 1.65. The summed E-state index contributed by atoms with van der Waals surface area (Å²) in [6.07, 6.45) is 3.86. The maximum atomic E-state index is 5.43. The van der Waals surface area contributed by atoms with E-state index in [9.17, 15) is 0 Å². The highest BCUT2D eigenvalue weighted by atomic mass is 16.5. The van der Waals surface area contributed by atoms with Crippen LogP contribution in [0, 0.1) is 5.92 Å². The van der Waals surface area contributed by atoms with Crippen LogP contribution in [0.1, 0.15) is 32.1 Å². The number of nitrogens with zero attached hydrogens (tertiary/aromatic N) is 3. The second kappa shape index (κ2) is 6.92. The van der Waals surface area contributed by atoms with E-state index in [2.05, 4.69) is 22.0 Å². The van der Waals surface area contributed by atoms with Gasteiger partial charge in [-0.3, -0.25) is 4.90 Å². The second-order valence-corrected chi connectivity index (χ2v) is 5.92. The summed E-state index contributed by atoms with van der Waals surface area (Å²) in [5.74, 6) is 2.97. The number of hydrogen-bond donors (Lipinski definition) is 0. The first-order valence-corrected chi connectivity index (χ1v) is 7.98. The molecule has 1 saturated carbocycles. The van der Waals surface area contributed by atoms with Crippen molar-refractivity contribution in [1.29, 1.82) is 0 Å². The molecule has 0 radical (unpaired) electrons. The highest BCUT2D eigenvalue weighted by molar-refractivity contribution is 5.56. The van der Waals surface area contributed by atoms with Crippen LogP contribution in [0.15, 0.2) is 28.8 Å². The number of benzene rings is 1. The van der Waals surface area contributed by atoms with Gasteiger partial charge in [0.05, 0.1) is 13.7 Å². The van der Waals surface area contributed by atoms with Crippen molar-refractivity contribution in [3.8, 4) is 17.1 Å². The predicted octanol–water partition coefficient (Wildman–Crippen LogP) is 3.37. The Hall–Kier alpha value is -1.88. The molecular weight excluding hydrogens is 278 g/mol. The zero-order valence-electron chi connectivity index (χ0n) is 13.3. The van der Waals surface area contributed by atoms with Crippen LogP contribution in [0.5, 0.6) is 5.75 Å². The van der Waals surface area contributed by atoms with Gasteiger partial charge in [0.15, 0.2) is 0 Å². The standard InChI is InChI=1S/C17H23N3O2/c1-3-9-20(11-13-7-8-13)12-16-18-17(19-22-16)14-5-4-6-15(10-14)21-2/h4-6,10,13H,3,7-9,11-12H2,1-2H3. The molecule has 0 saturated heterocycles. The largest absolute Gasteiger partial charge is 0.497 e. The summed E-state index contributed by atoms with van der Waals surface area (Å²) in [5.41, 5.74) is 0.915.